The van der Waals surface area contributed by atoms with E-state index in [0.29, 0.717) is 30.6 Å². The Balaban J connectivity index is 1.54. The molecule has 2 fully saturated rings. The summed E-state index contributed by atoms with van der Waals surface area (Å²) in [5, 5.41) is 4.60. The maximum absolute atomic E-state index is 13.0. The van der Waals surface area contributed by atoms with E-state index in [1.807, 2.05) is 11.0 Å². The highest BCUT2D eigenvalue weighted by Crippen LogP contribution is 2.40. The molecule has 0 atom stereocenters. The summed E-state index contributed by atoms with van der Waals surface area (Å²) in [7, 11) is 0. The normalized spacial score (nSPS) is 23.0. The molecule has 1 amide bonds. The summed E-state index contributed by atoms with van der Waals surface area (Å²) in [4.78, 5) is 19.7. The van der Waals surface area contributed by atoms with Crippen molar-refractivity contribution >= 4 is 11.6 Å². The van der Waals surface area contributed by atoms with Gasteiger partial charge in [-0.1, -0.05) is 26.7 Å². The summed E-state index contributed by atoms with van der Waals surface area (Å²) in [6.07, 6.45) is 2.50. The number of halogens is 3. The monoisotopic (exact) mass is 450 g/mol. The van der Waals surface area contributed by atoms with Gasteiger partial charge in [-0.2, -0.15) is 18.3 Å². The van der Waals surface area contributed by atoms with Crippen molar-refractivity contribution in [2.24, 2.45) is 11.8 Å². The van der Waals surface area contributed by atoms with Crippen molar-refractivity contribution in [2.75, 3.05) is 13.1 Å². The molecule has 2 aliphatic rings. The Bertz CT molecular complexity index is 937. The molecule has 1 aliphatic heterocycles. The minimum atomic E-state index is -4.08. The molecule has 32 heavy (non-hydrogen) atoms. The van der Waals surface area contributed by atoms with Crippen molar-refractivity contribution in [1.82, 2.24) is 19.5 Å². The van der Waals surface area contributed by atoms with E-state index >= 15 is 0 Å². The minimum Gasteiger partial charge on any atom is -0.337 e. The van der Waals surface area contributed by atoms with Crippen molar-refractivity contribution in [1.29, 1.82) is 0 Å². The third kappa shape index (κ3) is 5.09. The van der Waals surface area contributed by atoms with E-state index in [1.54, 1.807) is 10.6 Å². The van der Waals surface area contributed by atoms with Crippen LogP contribution in [-0.4, -0.2) is 44.7 Å². The molecule has 1 saturated heterocycles. The van der Waals surface area contributed by atoms with E-state index in [-0.39, 0.29) is 30.6 Å². The quantitative estimate of drug-likeness (QED) is 0.593. The second-order valence-corrected chi connectivity index (χ2v) is 9.80. The smallest absolute Gasteiger partial charge is 0.337 e. The molecule has 0 radical (unpaired) electrons. The number of rotatable bonds is 4. The van der Waals surface area contributed by atoms with Crippen LogP contribution in [0.15, 0.2) is 12.1 Å². The number of carbonyl (C=O) groups excluding carboxylic acids is 1. The van der Waals surface area contributed by atoms with E-state index in [2.05, 4.69) is 18.9 Å². The summed E-state index contributed by atoms with van der Waals surface area (Å²) in [5.74, 6) is -0.812. The lowest BCUT2D eigenvalue weighted by molar-refractivity contribution is -0.183. The topological polar surface area (TPSA) is 50.5 Å². The van der Waals surface area contributed by atoms with Gasteiger partial charge in [0.25, 0.3) is 5.91 Å². The summed E-state index contributed by atoms with van der Waals surface area (Å²) >= 11 is 0. The molecule has 8 heteroatoms. The third-order valence-electron chi connectivity index (χ3n) is 7.02. The highest BCUT2D eigenvalue weighted by molar-refractivity contribution is 5.93. The molecule has 0 unspecified atom stereocenters. The van der Waals surface area contributed by atoms with Gasteiger partial charge in [-0.05, 0) is 62.8 Å². The van der Waals surface area contributed by atoms with Gasteiger partial charge in [-0.25, -0.2) is 9.50 Å². The van der Waals surface area contributed by atoms with Gasteiger partial charge in [-0.3, -0.25) is 4.79 Å². The van der Waals surface area contributed by atoms with Gasteiger partial charge in [0.15, 0.2) is 11.3 Å². The molecule has 2 aromatic heterocycles. The second-order valence-electron chi connectivity index (χ2n) is 9.80. The van der Waals surface area contributed by atoms with Crippen molar-refractivity contribution < 1.29 is 18.0 Å². The highest BCUT2D eigenvalue weighted by atomic mass is 19.4. The van der Waals surface area contributed by atoms with Crippen LogP contribution in [0.25, 0.3) is 5.65 Å². The summed E-state index contributed by atoms with van der Waals surface area (Å²) in [6.45, 7) is 5.68. The van der Waals surface area contributed by atoms with Gasteiger partial charge in [0.2, 0.25) is 0 Å². The number of hydrogen-bond donors (Lipinski definition) is 0. The van der Waals surface area contributed by atoms with E-state index in [0.717, 1.165) is 50.2 Å². The van der Waals surface area contributed by atoms with E-state index in [4.69, 9.17) is 4.98 Å². The van der Waals surface area contributed by atoms with Crippen LogP contribution in [-0.2, 0) is 6.42 Å². The van der Waals surface area contributed by atoms with Crippen molar-refractivity contribution in [3.8, 4) is 0 Å². The van der Waals surface area contributed by atoms with Crippen LogP contribution in [0, 0.1) is 11.8 Å². The Hall–Kier alpha value is -2.12. The average molecular weight is 451 g/mol. The van der Waals surface area contributed by atoms with Gasteiger partial charge >= 0.3 is 6.18 Å². The van der Waals surface area contributed by atoms with Crippen molar-refractivity contribution in [3.05, 3.63) is 29.2 Å². The largest absolute Gasteiger partial charge is 0.391 e. The van der Waals surface area contributed by atoms with Crippen molar-refractivity contribution in [3.63, 3.8) is 0 Å². The Labute approximate surface area is 187 Å². The first kappa shape index (κ1) is 23.1. The number of amides is 1. The molecule has 4 rings (SSSR count). The molecule has 5 nitrogen and oxygen atoms in total. The van der Waals surface area contributed by atoms with Gasteiger partial charge in [0, 0.05) is 30.5 Å². The number of alkyl halides is 3. The fraction of sp³-hybridized carbons (Fsp3) is 0.708. The number of carbonyl (C=O) groups is 1. The zero-order chi connectivity index (χ0) is 22.9. The van der Waals surface area contributed by atoms with Crippen LogP contribution >= 0.6 is 0 Å². The molecule has 0 bridgehead atoms. The third-order valence-corrected chi connectivity index (χ3v) is 7.02. The zero-order valence-electron chi connectivity index (χ0n) is 19.0. The average Bonchev–Trinajstić information content (AvgIpc) is 2.98. The molecule has 2 aromatic rings. The van der Waals surface area contributed by atoms with Crippen LogP contribution in [0.5, 0.6) is 0 Å². The Morgan fingerprint density at radius 2 is 1.72 bits per heavy atom. The first-order chi connectivity index (χ1) is 15.2. The van der Waals surface area contributed by atoms with Crippen molar-refractivity contribution in [2.45, 2.75) is 83.7 Å². The maximum atomic E-state index is 13.0. The predicted octanol–water partition coefficient (Wildman–Crippen LogP) is 5.78. The number of likely N-dealkylation sites (tertiary alicyclic amines) is 1. The molecular formula is C24H33F3N4O. The van der Waals surface area contributed by atoms with E-state index < -0.39 is 12.1 Å². The molecule has 1 aliphatic carbocycles. The SMILES string of the molecule is CC(C)c1cc(CC2CCC(C(F)(F)F)CC2)nc2cc(C(=O)N3CCCCCC3)nn12. The van der Waals surface area contributed by atoms with Crippen LogP contribution < -0.4 is 0 Å². The standard InChI is InChI=1S/C24H33F3N4O/c1-16(2)21-14-19(13-17-7-9-18(10-8-17)24(25,26)27)28-22-15-20(29-31(21)22)23(32)30-11-5-3-4-6-12-30/h14-18H,3-13H2,1-2H3. The van der Waals surface area contributed by atoms with Gasteiger partial charge in [0.1, 0.15) is 0 Å². The number of fused-ring (bicyclic) bond motifs is 1. The van der Waals surface area contributed by atoms with Gasteiger partial charge in [-0.15, -0.1) is 0 Å². The maximum Gasteiger partial charge on any atom is 0.391 e. The molecule has 0 aromatic carbocycles. The lowest BCUT2D eigenvalue weighted by Gasteiger charge is -2.29. The second kappa shape index (κ2) is 9.40. The van der Waals surface area contributed by atoms with Crippen LogP contribution in [0.3, 0.4) is 0 Å². The van der Waals surface area contributed by atoms with Gasteiger partial charge < -0.3 is 4.90 Å². The van der Waals surface area contributed by atoms with E-state index in [9.17, 15) is 18.0 Å². The Morgan fingerprint density at radius 1 is 1.06 bits per heavy atom. The van der Waals surface area contributed by atoms with Crippen LogP contribution in [0.2, 0.25) is 0 Å². The molecule has 0 spiro atoms. The fourth-order valence-corrected chi connectivity index (χ4v) is 5.10. The Morgan fingerprint density at radius 3 is 2.31 bits per heavy atom. The van der Waals surface area contributed by atoms with Crippen LogP contribution in [0.1, 0.15) is 93.0 Å². The predicted molar refractivity (Wildman–Crippen MR) is 117 cm³/mol. The minimum absolute atomic E-state index is 0.0425. The molecule has 176 valence electrons. The number of nitrogens with zero attached hydrogens (tertiary/aromatic N) is 4. The lowest BCUT2D eigenvalue weighted by atomic mass is 9.79. The molecule has 1 saturated carbocycles. The summed E-state index contributed by atoms with van der Waals surface area (Å²) < 4.78 is 40.7. The summed E-state index contributed by atoms with van der Waals surface area (Å²) in [6, 6.07) is 3.78. The van der Waals surface area contributed by atoms with Crippen LogP contribution in [0.4, 0.5) is 13.2 Å². The first-order valence-corrected chi connectivity index (χ1v) is 12.0. The Kier molecular flexibility index (Phi) is 6.77. The lowest BCUT2D eigenvalue weighted by Crippen LogP contribution is -2.32. The molecular weight excluding hydrogens is 417 g/mol. The highest BCUT2D eigenvalue weighted by Gasteiger charge is 2.41. The van der Waals surface area contributed by atoms with E-state index in [1.165, 1.54) is 0 Å². The molecule has 3 heterocycles. The number of aromatic nitrogens is 3. The fourth-order valence-electron chi connectivity index (χ4n) is 5.10. The summed E-state index contributed by atoms with van der Waals surface area (Å²) in [5.41, 5.74) is 2.92. The zero-order valence-corrected chi connectivity index (χ0v) is 19.0. The van der Waals surface area contributed by atoms with Gasteiger partial charge in [0.05, 0.1) is 5.92 Å². The number of hydrogen-bond acceptors (Lipinski definition) is 3. The first-order valence-electron chi connectivity index (χ1n) is 12.0. The molecule has 0 N–H and O–H groups in total.